The first-order valence-electron chi connectivity index (χ1n) is 44.8. The van der Waals surface area contributed by atoms with Crippen LogP contribution in [0.5, 0.6) is 0 Å². The number of nitrogens with one attached hydrogen (secondary N) is 2. The number of hydrogen-bond donors (Lipinski definition) is 5. The van der Waals surface area contributed by atoms with E-state index in [0.717, 1.165) is 148 Å². The number of phosphoric ester groups is 2. The van der Waals surface area contributed by atoms with Crippen molar-refractivity contribution in [3.8, 4) is 0 Å². The summed E-state index contributed by atoms with van der Waals surface area (Å²) in [5.74, 6) is -2.40. The van der Waals surface area contributed by atoms with Gasteiger partial charge in [0.25, 0.3) is 0 Å². The van der Waals surface area contributed by atoms with Gasteiger partial charge in [-0.3, -0.25) is 42.1 Å². The summed E-state index contributed by atoms with van der Waals surface area (Å²) >= 11 is 0. The molecule has 109 heavy (non-hydrogen) atoms. The lowest BCUT2D eigenvalue weighted by Gasteiger charge is -2.23. The lowest BCUT2D eigenvalue weighted by atomic mass is 10.1. The van der Waals surface area contributed by atoms with Crippen LogP contribution in [0.4, 0.5) is 0 Å². The Morgan fingerprint density at radius 2 is 0.550 bits per heavy atom. The number of hydrogen-bond acceptors (Lipinski definition) is 18. The molecule has 0 saturated carbocycles. The standard InChI is InChI=1S/C85H166N2O20P2/c1-7-13-19-25-29-33-35-39-43-49-55-61-84(92)106-78(72-98-67-63-76(57-51-45-23-17-11-5)104-82(90)59-53-47-41-37-31-27-21-15-9-3)74-102-108(94,95)100-69-65-86-80(88)71-81(89)87-66-70-101-109(96,97)103-75-79(107-85(93)62-56-50-44-40-36-34-30-26-20-14-8-2)73-99-68-64-77(58-52-46-24-18-12-6)105-83(91)60-54-48-42-38-32-28-22-16-10-4/h76-79,84,92H,7-75H2,1-6H3,(H,86,88)(H,87,89)(H,94,95)(H,96,97). The van der Waals surface area contributed by atoms with Crippen LogP contribution >= 0.6 is 15.6 Å². The van der Waals surface area contributed by atoms with Crippen molar-refractivity contribution in [3.63, 3.8) is 0 Å². The minimum absolute atomic E-state index is 0.0974. The first-order valence-corrected chi connectivity index (χ1v) is 47.8. The van der Waals surface area contributed by atoms with Crippen molar-refractivity contribution in [2.45, 2.75) is 451 Å². The molecule has 0 aliphatic heterocycles. The van der Waals surface area contributed by atoms with E-state index in [9.17, 15) is 48.0 Å². The lowest BCUT2D eigenvalue weighted by Crippen LogP contribution is -2.34. The second-order valence-electron chi connectivity index (χ2n) is 30.5. The van der Waals surface area contributed by atoms with E-state index in [1.165, 1.54) is 167 Å². The molecule has 7 atom stereocenters. The van der Waals surface area contributed by atoms with Gasteiger partial charge < -0.3 is 53.9 Å². The van der Waals surface area contributed by atoms with Gasteiger partial charge in [0.05, 0.1) is 52.9 Å². The Bertz CT molecular complexity index is 2170. The van der Waals surface area contributed by atoms with E-state index in [2.05, 4.69) is 52.2 Å². The molecular formula is C85H166N2O20P2. The third-order valence-corrected chi connectivity index (χ3v) is 21.8. The summed E-state index contributed by atoms with van der Waals surface area (Å²) in [6.45, 7) is 10.8. The molecule has 646 valence electrons. The molecule has 2 amide bonds. The molecule has 0 spiro atoms. The summed E-state index contributed by atoms with van der Waals surface area (Å²) in [6.07, 6.45) is 55.3. The first kappa shape index (κ1) is 106. The normalized spacial score (nSPS) is 14.2. The molecule has 24 heteroatoms. The third-order valence-electron chi connectivity index (χ3n) is 19.8. The number of carbonyl (C=O) groups excluding carboxylic acids is 5. The molecule has 5 N–H and O–H groups in total. The van der Waals surface area contributed by atoms with Gasteiger partial charge in [-0.15, -0.1) is 0 Å². The minimum Gasteiger partial charge on any atom is -0.462 e. The van der Waals surface area contributed by atoms with E-state index in [-0.39, 0.29) is 70.1 Å². The van der Waals surface area contributed by atoms with E-state index in [1.807, 2.05) is 0 Å². The van der Waals surface area contributed by atoms with Gasteiger partial charge in [-0.2, -0.15) is 0 Å². The average Bonchev–Trinajstić information content (AvgIpc) is 0.927. The molecule has 0 aromatic rings. The summed E-state index contributed by atoms with van der Waals surface area (Å²) in [5, 5.41) is 15.9. The van der Waals surface area contributed by atoms with E-state index < -0.39 is 84.8 Å². The van der Waals surface area contributed by atoms with Crippen LogP contribution in [0, 0.1) is 0 Å². The third kappa shape index (κ3) is 76.5. The fourth-order valence-corrected chi connectivity index (χ4v) is 14.6. The van der Waals surface area contributed by atoms with Crippen molar-refractivity contribution in [2.24, 2.45) is 0 Å². The van der Waals surface area contributed by atoms with Crippen LogP contribution in [-0.4, -0.2) is 141 Å². The Balaban J connectivity index is 5.52. The molecule has 0 radical (unpaired) electrons. The quantitative estimate of drug-likeness (QED) is 0.00944. The highest BCUT2D eigenvalue weighted by molar-refractivity contribution is 7.47. The monoisotopic (exact) mass is 1600 g/mol. The summed E-state index contributed by atoms with van der Waals surface area (Å²) in [4.78, 5) is 86.1. The van der Waals surface area contributed by atoms with Gasteiger partial charge in [0, 0.05) is 45.2 Å². The van der Waals surface area contributed by atoms with Gasteiger partial charge in [0.1, 0.15) is 30.8 Å². The first-order chi connectivity index (χ1) is 52.9. The van der Waals surface area contributed by atoms with Crippen molar-refractivity contribution in [1.82, 2.24) is 10.6 Å². The number of carbonyl (C=O) groups is 5. The van der Waals surface area contributed by atoms with Crippen LogP contribution < -0.4 is 10.6 Å². The molecule has 0 rings (SSSR count). The summed E-state index contributed by atoms with van der Waals surface area (Å²) in [5.41, 5.74) is 0. The van der Waals surface area contributed by atoms with E-state index >= 15 is 0 Å². The number of esters is 3. The van der Waals surface area contributed by atoms with Crippen LogP contribution in [0.25, 0.3) is 0 Å². The molecule has 0 bridgehead atoms. The van der Waals surface area contributed by atoms with E-state index in [1.54, 1.807) is 0 Å². The SMILES string of the molecule is CCCCCCCCCCCCCC(=O)OC(COCCC(CCCCCCC)OC(=O)CCCCCCCCCCC)COP(=O)(O)OCCNC(=O)CC(=O)NCCOP(=O)(O)OCC(COCCC(CCCCCCC)OC(=O)CCCCCCCCCCC)OC(O)CCCCCCCCCCCCC. The molecule has 0 fully saturated rings. The maximum Gasteiger partial charge on any atom is 0.472 e. The number of ether oxygens (including phenoxy) is 6. The molecule has 0 aliphatic carbocycles. The number of aliphatic hydroxyl groups excluding tert-OH is 1. The second-order valence-corrected chi connectivity index (χ2v) is 33.4. The topological polar surface area (TPSA) is 297 Å². The highest BCUT2D eigenvalue weighted by Gasteiger charge is 2.28. The fraction of sp³-hybridized carbons (Fsp3) is 0.941. The highest BCUT2D eigenvalue weighted by Crippen LogP contribution is 2.44. The van der Waals surface area contributed by atoms with Crippen LogP contribution in [0.2, 0.25) is 0 Å². The fourth-order valence-electron chi connectivity index (χ4n) is 13.1. The van der Waals surface area contributed by atoms with Crippen LogP contribution in [0.1, 0.15) is 420 Å². The Labute approximate surface area is 664 Å². The van der Waals surface area contributed by atoms with Gasteiger partial charge >= 0.3 is 33.6 Å². The van der Waals surface area contributed by atoms with Crippen molar-refractivity contribution in [3.05, 3.63) is 0 Å². The molecule has 7 unspecified atom stereocenters. The molecule has 0 aliphatic rings. The number of phosphoric acid groups is 2. The van der Waals surface area contributed by atoms with Gasteiger partial charge in [0.2, 0.25) is 11.8 Å². The Morgan fingerprint density at radius 3 is 0.862 bits per heavy atom. The number of amides is 2. The largest absolute Gasteiger partial charge is 0.472 e. The van der Waals surface area contributed by atoms with Crippen LogP contribution in [0.3, 0.4) is 0 Å². The van der Waals surface area contributed by atoms with Crippen LogP contribution in [0.15, 0.2) is 0 Å². The maximum atomic E-state index is 13.2. The van der Waals surface area contributed by atoms with Crippen LogP contribution in [-0.2, 0) is 79.6 Å². The number of rotatable bonds is 87. The number of aliphatic hydroxyl groups is 1. The predicted molar refractivity (Wildman–Crippen MR) is 438 cm³/mol. The van der Waals surface area contributed by atoms with Gasteiger partial charge in [-0.25, -0.2) is 9.13 Å². The molecule has 0 saturated heterocycles. The summed E-state index contributed by atoms with van der Waals surface area (Å²) in [7, 11) is -9.51. The summed E-state index contributed by atoms with van der Waals surface area (Å²) in [6, 6.07) is 0. The zero-order chi connectivity index (χ0) is 80.0. The smallest absolute Gasteiger partial charge is 0.462 e. The van der Waals surface area contributed by atoms with Crippen molar-refractivity contribution < 1.29 is 94.5 Å². The lowest BCUT2D eigenvalue weighted by molar-refractivity contribution is -0.166. The maximum absolute atomic E-state index is 13.2. The van der Waals surface area contributed by atoms with Crippen molar-refractivity contribution in [1.29, 1.82) is 0 Å². The zero-order valence-electron chi connectivity index (χ0n) is 70.4. The Hall–Kier alpha value is -2.59. The van der Waals surface area contributed by atoms with Gasteiger partial charge in [-0.1, -0.05) is 324 Å². The van der Waals surface area contributed by atoms with Crippen molar-refractivity contribution >= 4 is 45.4 Å². The zero-order valence-corrected chi connectivity index (χ0v) is 72.1. The molecule has 22 nitrogen and oxygen atoms in total. The minimum atomic E-state index is -4.77. The summed E-state index contributed by atoms with van der Waals surface area (Å²) < 4.78 is 82.9. The van der Waals surface area contributed by atoms with Gasteiger partial charge in [0.15, 0.2) is 6.29 Å². The molecule has 0 aromatic carbocycles. The van der Waals surface area contributed by atoms with E-state index in [0.29, 0.717) is 51.4 Å². The second kappa shape index (κ2) is 79.3. The highest BCUT2D eigenvalue weighted by atomic mass is 31.2. The predicted octanol–water partition coefficient (Wildman–Crippen LogP) is 22.1. The Kier molecular flexibility index (Phi) is 77.4. The molecule has 0 heterocycles. The Morgan fingerprint density at radius 1 is 0.294 bits per heavy atom. The van der Waals surface area contributed by atoms with Gasteiger partial charge in [-0.05, 0) is 57.8 Å². The van der Waals surface area contributed by atoms with E-state index in [4.69, 9.17) is 46.5 Å². The average molecular weight is 1600 g/mol. The number of unbranched alkanes of at least 4 members (excludes halogenated alkanes) is 44. The molecular weight excluding hydrogens is 1430 g/mol. The van der Waals surface area contributed by atoms with Crippen molar-refractivity contribution in [2.75, 3.05) is 65.9 Å². The molecule has 0 aromatic heterocycles.